The quantitative estimate of drug-likeness (QED) is 0.675. The highest BCUT2D eigenvalue weighted by molar-refractivity contribution is 5.97. The van der Waals surface area contributed by atoms with Crippen molar-refractivity contribution in [2.24, 2.45) is 0 Å². The van der Waals surface area contributed by atoms with Gasteiger partial charge in [0.2, 0.25) is 11.8 Å². The summed E-state index contributed by atoms with van der Waals surface area (Å²) in [7, 11) is 0. The number of amides is 2. The van der Waals surface area contributed by atoms with Gasteiger partial charge in [0.25, 0.3) is 0 Å². The zero-order valence-corrected chi connectivity index (χ0v) is 11.7. The standard InChI is InChI=1S/C14H26N2O2/c1-3-10-15-12(4-2)7-6-11-16-13(17)8-5-9-14(16)18/h12,15H,3-11H2,1-2H3. The fourth-order valence-corrected chi connectivity index (χ4v) is 2.34. The highest BCUT2D eigenvalue weighted by Crippen LogP contribution is 2.13. The number of hydrogen-bond acceptors (Lipinski definition) is 3. The molecule has 0 aliphatic carbocycles. The molecule has 0 aromatic rings. The summed E-state index contributed by atoms with van der Waals surface area (Å²) >= 11 is 0. The Morgan fingerprint density at radius 1 is 1.22 bits per heavy atom. The number of nitrogens with zero attached hydrogens (tertiary/aromatic N) is 1. The van der Waals surface area contributed by atoms with Crippen LogP contribution in [0.3, 0.4) is 0 Å². The Labute approximate surface area is 110 Å². The molecule has 1 N–H and O–H groups in total. The molecule has 18 heavy (non-hydrogen) atoms. The summed E-state index contributed by atoms with van der Waals surface area (Å²) < 4.78 is 0. The van der Waals surface area contributed by atoms with E-state index in [9.17, 15) is 9.59 Å². The summed E-state index contributed by atoms with van der Waals surface area (Å²) in [4.78, 5) is 24.7. The van der Waals surface area contributed by atoms with Crippen LogP contribution in [0.15, 0.2) is 0 Å². The highest BCUT2D eigenvalue weighted by atomic mass is 16.2. The minimum Gasteiger partial charge on any atom is -0.314 e. The summed E-state index contributed by atoms with van der Waals surface area (Å²) in [5, 5.41) is 3.49. The minimum absolute atomic E-state index is 0.0146. The lowest BCUT2D eigenvalue weighted by atomic mass is 10.1. The minimum atomic E-state index is 0.0146. The zero-order chi connectivity index (χ0) is 13.4. The molecule has 0 saturated carbocycles. The maximum absolute atomic E-state index is 11.6. The average Bonchev–Trinajstić information content (AvgIpc) is 2.36. The van der Waals surface area contributed by atoms with Crippen molar-refractivity contribution < 1.29 is 9.59 Å². The van der Waals surface area contributed by atoms with Gasteiger partial charge >= 0.3 is 0 Å². The fourth-order valence-electron chi connectivity index (χ4n) is 2.34. The van der Waals surface area contributed by atoms with Crippen LogP contribution in [0.25, 0.3) is 0 Å². The zero-order valence-electron chi connectivity index (χ0n) is 11.7. The second-order valence-electron chi connectivity index (χ2n) is 4.99. The number of imide groups is 1. The third-order valence-corrected chi connectivity index (χ3v) is 3.49. The van der Waals surface area contributed by atoms with E-state index < -0.39 is 0 Å². The third kappa shape index (κ3) is 4.77. The van der Waals surface area contributed by atoms with E-state index in [1.165, 1.54) is 4.90 Å². The molecule has 0 bridgehead atoms. The van der Waals surface area contributed by atoms with Crippen molar-refractivity contribution in [2.45, 2.75) is 64.8 Å². The number of hydrogen-bond donors (Lipinski definition) is 1. The van der Waals surface area contributed by atoms with Gasteiger partial charge in [0.05, 0.1) is 0 Å². The summed E-state index contributed by atoms with van der Waals surface area (Å²) in [5.74, 6) is 0.0293. The van der Waals surface area contributed by atoms with Gasteiger partial charge in [-0.1, -0.05) is 13.8 Å². The van der Waals surface area contributed by atoms with Gasteiger partial charge in [-0.2, -0.15) is 0 Å². The summed E-state index contributed by atoms with van der Waals surface area (Å²) in [6, 6.07) is 0.514. The van der Waals surface area contributed by atoms with Crippen LogP contribution in [-0.2, 0) is 9.59 Å². The first-order valence-electron chi connectivity index (χ1n) is 7.25. The van der Waals surface area contributed by atoms with Crippen LogP contribution in [0, 0.1) is 0 Å². The second kappa shape index (κ2) is 8.25. The average molecular weight is 254 g/mol. The van der Waals surface area contributed by atoms with Crippen LogP contribution in [0.2, 0.25) is 0 Å². The first kappa shape index (κ1) is 15.2. The molecule has 4 heteroatoms. The number of nitrogens with one attached hydrogen (secondary N) is 1. The van der Waals surface area contributed by atoms with Crippen molar-refractivity contribution in [3.63, 3.8) is 0 Å². The fraction of sp³-hybridized carbons (Fsp3) is 0.857. The Hall–Kier alpha value is -0.900. The first-order valence-corrected chi connectivity index (χ1v) is 7.25. The maximum Gasteiger partial charge on any atom is 0.229 e. The van der Waals surface area contributed by atoms with Crippen molar-refractivity contribution in [1.29, 1.82) is 0 Å². The summed E-state index contributed by atoms with van der Waals surface area (Å²) in [6.07, 6.45) is 5.99. The Morgan fingerprint density at radius 2 is 1.89 bits per heavy atom. The normalized spacial score (nSPS) is 18.2. The molecule has 1 fully saturated rings. The lowest BCUT2D eigenvalue weighted by molar-refractivity contribution is -0.148. The highest BCUT2D eigenvalue weighted by Gasteiger charge is 2.25. The number of piperidine rings is 1. The number of likely N-dealkylation sites (tertiary alicyclic amines) is 1. The van der Waals surface area contributed by atoms with Crippen LogP contribution in [0.1, 0.15) is 58.8 Å². The lowest BCUT2D eigenvalue weighted by Crippen LogP contribution is -2.41. The number of carbonyl (C=O) groups excluding carboxylic acids is 2. The van der Waals surface area contributed by atoms with Gasteiger partial charge in [-0.25, -0.2) is 0 Å². The first-order chi connectivity index (χ1) is 8.69. The summed E-state index contributed by atoms with van der Waals surface area (Å²) in [5.41, 5.74) is 0. The smallest absolute Gasteiger partial charge is 0.229 e. The molecular formula is C14H26N2O2. The van der Waals surface area contributed by atoms with Gasteiger partial charge in [-0.05, 0) is 38.6 Å². The lowest BCUT2D eigenvalue weighted by Gasteiger charge is -2.25. The Balaban J connectivity index is 2.26. The molecule has 2 amide bonds. The van der Waals surface area contributed by atoms with Gasteiger partial charge in [-0.15, -0.1) is 0 Å². The van der Waals surface area contributed by atoms with Crippen molar-refractivity contribution in [3.05, 3.63) is 0 Å². The third-order valence-electron chi connectivity index (χ3n) is 3.49. The molecule has 1 aliphatic heterocycles. The van der Waals surface area contributed by atoms with Crippen LogP contribution in [0.5, 0.6) is 0 Å². The van der Waals surface area contributed by atoms with E-state index in [0.717, 1.165) is 38.6 Å². The van der Waals surface area contributed by atoms with E-state index in [-0.39, 0.29) is 11.8 Å². The summed E-state index contributed by atoms with van der Waals surface area (Å²) in [6.45, 7) is 5.97. The van der Waals surface area contributed by atoms with Crippen LogP contribution in [0.4, 0.5) is 0 Å². The SMILES string of the molecule is CCCNC(CC)CCCN1C(=O)CCCC1=O. The van der Waals surface area contributed by atoms with Gasteiger partial charge in [0, 0.05) is 25.4 Å². The van der Waals surface area contributed by atoms with E-state index in [2.05, 4.69) is 19.2 Å². The van der Waals surface area contributed by atoms with E-state index in [0.29, 0.717) is 25.4 Å². The molecular weight excluding hydrogens is 228 g/mol. The monoisotopic (exact) mass is 254 g/mol. The molecule has 0 spiro atoms. The van der Waals surface area contributed by atoms with E-state index in [1.807, 2.05) is 0 Å². The molecule has 1 saturated heterocycles. The van der Waals surface area contributed by atoms with Gasteiger partial charge in [-0.3, -0.25) is 14.5 Å². The van der Waals surface area contributed by atoms with Crippen molar-refractivity contribution in [2.75, 3.05) is 13.1 Å². The molecule has 0 radical (unpaired) electrons. The van der Waals surface area contributed by atoms with Crippen LogP contribution < -0.4 is 5.32 Å². The Bertz CT molecular complexity index is 263. The second-order valence-corrected chi connectivity index (χ2v) is 4.99. The van der Waals surface area contributed by atoms with Gasteiger partial charge in [0.15, 0.2) is 0 Å². The topological polar surface area (TPSA) is 49.4 Å². The van der Waals surface area contributed by atoms with E-state index in [1.54, 1.807) is 0 Å². The molecule has 4 nitrogen and oxygen atoms in total. The number of carbonyl (C=O) groups is 2. The predicted octanol–water partition coefficient (Wildman–Crippen LogP) is 2.08. The maximum atomic E-state index is 11.6. The molecule has 1 aliphatic rings. The van der Waals surface area contributed by atoms with E-state index in [4.69, 9.17) is 0 Å². The molecule has 1 rings (SSSR count). The van der Waals surface area contributed by atoms with Crippen molar-refractivity contribution in [3.8, 4) is 0 Å². The van der Waals surface area contributed by atoms with Crippen molar-refractivity contribution in [1.82, 2.24) is 10.2 Å². The molecule has 1 atom stereocenters. The molecule has 1 heterocycles. The predicted molar refractivity (Wildman–Crippen MR) is 72.2 cm³/mol. The number of rotatable bonds is 8. The molecule has 0 aromatic carbocycles. The van der Waals surface area contributed by atoms with Crippen LogP contribution in [-0.4, -0.2) is 35.8 Å². The van der Waals surface area contributed by atoms with Crippen LogP contribution >= 0.6 is 0 Å². The molecule has 0 aromatic heterocycles. The molecule has 1 unspecified atom stereocenters. The van der Waals surface area contributed by atoms with E-state index >= 15 is 0 Å². The van der Waals surface area contributed by atoms with Crippen molar-refractivity contribution >= 4 is 11.8 Å². The van der Waals surface area contributed by atoms with Gasteiger partial charge < -0.3 is 5.32 Å². The largest absolute Gasteiger partial charge is 0.314 e. The Morgan fingerprint density at radius 3 is 2.44 bits per heavy atom. The Kier molecular flexibility index (Phi) is 6.94. The molecule has 104 valence electrons. The van der Waals surface area contributed by atoms with Gasteiger partial charge in [0.1, 0.15) is 0 Å².